The summed E-state index contributed by atoms with van der Waals surface area (Å²) in [5.74, 6) is 1.61. The molecule has 0 radical (unpaired) electrons. The number of rotatable bonds is 8. The fourth-order valence-corrected chi connectivity index (χ4v) is 3.90. The van der Waals surface area contributed by atoms with Crippen LogP contribution in [0, 0.1) is 0 Å². The number of amides is 2. The summed E-state index contributed by atoms with van der Waals surface area (Å²) in [6.45, 7) is 5.82. The van der Waals surface area contributed by atoms with Gasteiger partial charge < -0.3 is 19.7 Å². The molecule has 3 rings (SSSR count). The molecule has 2 unspecified atom stereocenters. The summed E-state index contributed by atoms with van der Waals surface area (Å²) < 4.78 is 10.8. The summed E-state index contributed by atoms with van der Waals surface area (Å²) in [5, 5.41) is 2.90. The fraction of sp³-hybridized carbons (Fsp3) is 0.619. The molecule has 9 heteroatoms. The van der Waals surface area contributed by atoms with E-state index >= 15 is 0 Å². The molecule has 0 aromatic heterocycles. The van der Waals surface area contributed by atoms with E-state index in [0.29, 0.717) is 45.7 Å². The van der Waals surface area contributed by atoms with E-state index in [1.807, 2.05) is 30.0 Å². The third-order valence-electron chi connectivity index (χ3n) is 5.64. The molecule has 1 aromatic rings. The monoisotopic (exact) mass is 419 g/mol. The molecule has 2 fully saturated rings. The number of piperazine rings is 1. The number of ether oxygens (including phenoxy) is 2. The normalized spacial score (nSPS) is 22.0. The lowest BCUT2D eigenvalue weighted by atomic mass is 10.00. The Bertz CT molecular complexity index is 736. The molecule has 0 aliphatic carbocycles. The number of nitrogens with zero attached hydrogens (tertiary/aromatic N) is 2. The summed E-state index contributed by atoms with van der Waals surface area (Å²) >= 11 is 0. The van der Waals surface area contributed by atoms with Gasteiger partial charge in [0.05, 0.1) is 26.8 Å². The molecule has 2 amide bonds. The van der Waals surface area contributed by atoms with E-state index in [1.54, 1.807) is 14.2 Å². The van der Waals surface area contributed by atoms with Gasteiger partial charge in [0.1, 0.15) is 17.5 Å². The Kier molecular flexibility index (Phi) is 7.89. The molecular weight excluding hydrogens is 386 g/mol. The molecule has 1 aromatic carbocycles. The Morgan fingerprint density at radius 3 is 2.57 bits per heavy atom. The van der Waals surface area contributed by atoms with Crippen molar-refractivity contribution in [2.75, 3.05) is 53.5 Å². The number of hydrogen-bond donors (Lipinski definition) is 3. The Balaban J connectivity index is 1.50. The molecule has 0 bridgehead atoms. The number of methoxy groups -OCH3 is 2. The van der Waals surface area contributed by atoms with E-state index in [0.717, 1.165) is 23.5 Å². The van der Waals surface area contributed by atoms with Gasteiger partial charge in [-0.25, -0.2) is 10.9 Å². The van der Waals surface area contributed by atoms with Crippen LogP contribution in [0.2, 0.25) is 0 Å². The first-order valence-electron chi connectivity index (χ1n) is 10.6. The van der Waals surface area contributed by atoms with Crippen LogP contribution in [0.15, 0.2) is 18.2 Å². The van der Waals surface area contributed by atoms with Crippen molar-refractivity contribution in [1.29, 1.82) is 0 Å². The summed E-state index contributed by atoms with van der Waals surface area (Å²) in [6.07, 6.45) is 1.57. The van der Waals surface area contributed by atoms with Crippen LogP contribution in [0.5, 0.6) is 11.5 Å². The lowest BCUT2D eigenvalue weighted by Crippen LogP contribution is -2.54. The Hall–Kier alpha value is -2.36. The molecule has 2 atom stereocenters. The second-order valence-corrected chi connectivity index (χ2v) is 7.69. The zero-order valence-electron chi connectivity index (χ0n) is 18.1. The van der Waals surface area contributed by atoms with Gasteiger partial charge in [-0.05, 0) is 18.9 Å². The van der Waals surface area contributed by atoms with Crippen molar-refractivity contribution in [2.24, 2.45) is 0 Å². The van der Waals surface area contributed by atoms with Crippen LogP contribution in [0.1, 0.15) is 31.4 Å². The standard InChI is InChI=1S/C21H33N5O4/c1-4-7-22-20(27)14-25-8-10-26(11-9-25)21(28)18-13-17(23-24-18)16-6-5-15(29-2)12-19(16)30-3/h5-6,12,17-18,23-24H,4,7-11,13-14H2,1-3H3,(H,22,27). The lowest BCUT2D eigenvalue weighted by Gasteiger charge is -2.35. The van der Waals surface area contributed by atoms with Gasteiger partial charge in [0, 0.05) is 44.4 Å². The average molecular weight is 420 g/mol. The molecular formula is C21H33N5O4. The lowest BCUT2D eigenvalue weighted by molar-refractivity contribution is -0.135. The molecule has 9 nitrogen and oxygen atoms in total. The summed E-state index contributed by atoms with van der Waals surface area (Å²) in [4.78, 5) is 28.8. The van der Waals surface area contributed by atoms with E-state index in [2.05, 4.69) is 21.1 Å². The van der Waals surface area contributed by atoms with Crippen LogP contribution in [-0.2, 0) is 9.59 Å². The third kappa shape index (κ3) is 5.41. The minimum atomic E-state index is -0.291. The number of benzene rings is 1. The van der Waals surface area contributed by atoms with Gasteiger partial charge >= 0.3 is 0 Å². The largest absolute Gasteiger partial charge is 0.497 e. The molecule has 2 aliphatic heterocycles. The van der Waals surface area contributed by atoms with Crippen molar-refractivity contribution in [2.45, 2.75) is 31.8 Å². The SMILES string of the molecule is CCCNC(=O)CN1CCN(C(=O)C2CC(c3ccc(OC)cc3OC)NN2)CC1. The van der Waals surface area contributed by atoms with Crippen LogP contribution in [0.25, 0.3) is 0 Å². The average Bonchev–Trinajstić information content (AvgIpc) is 3.27. The highest BCUT2D eigenvalue weighted by atomic mass is 16.5. The van der Waals surface area contributed by atoms with Crippen LogP contribution in [-0.4, -0.2) is 81.1 Å². The minimum Gasteiger partial charge on any atom is -0.497 e. The maximum absolute atomic E-state index is 13.0. The van der Waals surface area contributed by atoms with Crippen molar-refractivity contribution in [3.05, 3.63) is 23.8 Å². The van der Waals surface area contributed by atoms with Gasteiger partial charge in [-0.2, -0.15) is 0 Å². The predicted molar refractivity (Wildman–Crippen MR) is 113 cm³/mol. The van der Waals surface area contributed by atoms with E-state index < -0.39 is 0 Å². The molecule has 2 saturated heterocycles. The number of hydrogen-bond acceptors (Lipinski definition) is 7. The maximum atomic E-state index is 13.0. The quantitative estimate of drug-likeness (QED) is 0.557. The summed E-state index contributed by atoms with van der Waals surface area (Å²) in [7, 11) is 3.25. The van der Waals surface area contributed by atoms with E-state index in [-0.39, 0.29) is 23.9 Å². The predicted octanol–water partition coefficient (Wildman–Crippen LogP) is 0.282. The Morgan fingerprint density at radius 1 is 1.13 bits per heavy atom. The topological polar surface area (TPSA) is 95.2 Å². The first kappa shape index (κ1) is 22.3. The fourth-order valence-electron chi connectivity index (χ4n) is 3.90. The smallest absolute Gasteiger partial charge is 0.241 e. The Morgan fingerprint density at radius 2 is 1.90 bits per heavy atom. The zero-order valence-corrected chi connectivity index (χ0v) is 18.1. The van der Waals surface area contributed by atoms with E-state index in [9.17, 15) is 9.59 Å². The molecule has 0 spiro atoms. The van der Waals surface area contributed by atoms with Crippen molar-refractivity contribution in [3.8, 4) is 11.5 Å². The highest BCUT2D eigenvalue weighted by Crippen LogP contribution is 2.33. The number of carbonyl (C=O) groups excluding carboxylic acids is 2. The molecule has 30 heavy (non-hydrogen) atoms. The van der Waals surface area contributed by atoms with Crippen LogP contribution < -0.4 is 25.6 Å². The van der Waals surface area contributed by atoms with E-state index in [4.69, 9.17) is 9.47 Å². The van der Waals surface area contributed by atoms with Crippen molar-refractivity contribution < 1.29 is 19.1 Å². The number of hydrazine groups is 1. The van der Waals surface area contributed by atoms with Gasteiger partial charge in [-0.3, -0.25) is 14.5 Å². The highest BCUT2D eigenvalue weighted by Gasteiger charge is 2.35. The van der Waals surface area contributed by atoms with Crippen LogP contribution >= 0.6 is 0 Å². The van der Waals surface area contributed by atoms with Gasteiger partial charge in [0.25, 0.3) is 0 Å². The molecule has 166 valence electrons. The first-order valence-corrected chi connectivity index (χ1v) is 10.6. The van der Waals surface area contributed by atoms with Gasteiger partial charge in [-0.1, -0.05) is 13.0 Å². The van der Waals surface area contributed by atoms with Gasteiger partial charge in [0.2, 0.25) is 11.8 Å². The highest BCUT2D eigenvalue weighted by molar-refractivity contribution is 5.82. The molecule has 0 saturated carbocycles. The molecule has 2 aliphatic rings. The van der Waals surface area contributed by atoms with Crippen molar-refractivity contribution in [3.63, 3.8) is 0 Å². The van der Waals surface area contributed by atoms with Crippen LogP contribution in [0.4, 0.5) is 0 Å². The number of carbonyl (C=O) groups is 2. The maximum Gasteiger partial charge on any atom is 0.241 e. The number of nitrogens with one attached hydrogen (secondary N) is 3. The Labute approximate surface area is 178 Å². The van der Waals surface area contributed by atoms with Gasteiger partial charge in [-0.15, -0.1) is 0 Å². The molecule has 2 heterocycles. The van der Waals surface area contributed by atoms with Crippen LogP contribution in [0.3, 0.4) is 0 Å². The second-order valence-electron chi connectivity index (χ2n) is 7.69. The summed E-state index contributed by atoms with van der Waals surface area (Å²) in [5.41, 5.74) is 7.36. The van der Waals surface area contributed by atoms with E-state index in [1.165, 1.54) is 0 Å². The minimum absolute atomic E-state index is 0.0247. The first-order chi connectivity index (χ1) is 14.5. The third-order valence-corrected chi connectivity index (χ3v) is 5.64. The second kappa shape index (κ2) is 10.6. The van der Waals surface area contributed by atoms with Crippen molar-refractivity contribution >= 4 is 11.8 Å². The van der Waals surface area contributed by atoms with Gasteiger partial charge in [0.15, 0.2) is 0 Å². The molecule has 3 N–H and O–H groups in total. The zero-order chi connectivity index (χ0) is 21.5. The summed E-state index contributed by atoms with van der Waals surface area (Å²) in [6, 6.07) is 5.39. The van der Waals surface area contributed by atoms with Crippen molar-refractivity contribution in [1.82, 2.24) is 26.0 Å².